The Morgan fingerprint density at radius 2 is 1.76 bits per heavy atom. The molecule has 1 aromatic carbocycles. The molecule has 1 aliphatic rings. The first-order valence-electron chi connectivity index (χ1n) is 10.2. The van der Waals surface area contributed by atoms with Gasteiger partial charge in [0.15, 0.2) is 5.96 Å². The molecule has 154 valence electrons. The molecule has 0 spiro atoms. The fraction of sp³-hybridized carbons (Fsp3) is 0.429. The first-order chi connectivity index (χ1) is 14.2. The van der Waals surface area contributed by atoms with Gasteiger partial charge in [0.05, 0.1) is 11.1 Å². The van der Waals surface area contributed by atoms with Crippen LogP contribution >= 0.6 is 0 Å². The number of aliphatic imine (C=N–C) groups is 1. The number of imide groups is 1. The summed E-state index contributed by atoms with van der Waals surface area (Å²) in [6.07, 6.45) is 6.22. The second kappa shape index (κ2) is 10.4. The minimum Gasteiger partial charge on any atom is -0.357 e. The Morgan fingerprint density at radius 3 is 2.41 bits per heavy atom. The average Bonchev–Trinajstić information content (AvgIpc) is 3.33. The van der Waals surface area contributed by atoms with Gasteiger partial charge in [-0.2, -0.15) is 5.10 Å². The number of guanidine groups is 1. The molecule has 0 fully saturated rings. The lowest BCUT2D eigenvalue weighted by Crippen LogP contribution is -2.38. The molecule has 2 amide bonds. The van der Waals surface area contributed by atoms with Gasteiger partial charge < -0.3 is 10.6 Å². The molecule has 0 atom stereocenters. The van der Waals surface area contributed by atoms with Crippen LogP contribution < -0.4 is 10.6 Å². The number of hydrogen-bond acceptors (Lipinski definition) is 4. The van der Waals surface area contributed by atoms with Crippen LogP contribution in [0.2, 0.25) is 0 Å². The lowest BCUT2D eigenvalue weighted by molar-refractivity contribution is 0.0652. The van der Waals surface area contributed by atoms with Gasteiger partial charge in [-0.25, -0.2) is 0 Å². The highest BCUT2D eigenvalue weighted by Gasteiger charge is 2.34. The molecule has 3 rings (SSSR count). The maximum atomic E-state index is 12.4. The molecule has 0 bridgehead atoms. The SMILES string of the molecule is CCNC(=NCCCn1cccn1)NCCCCN1C(=O)c2ccccc2C1=O. The quantitative estimate of drug-likeness (QED) is 0.277. The van der Waals surface area contributed by atoms with Crippen LogP contribution in [0.4, 0.5) is 0 Å². The number of fused-ring (bicyclic) bond motifs is 1. The molecule has 2 N–H and O–H groups in total. The summed E-state index contributed by atoms with van der Waals surface area (Å²) in [7, 11) is 0. The van der Waals surface area contributed by atoms with Crippen molar-refractivity contribution in [3.8, 4) is 0 Å². The van der Waals surface area contributed by atoms with Gasteiger partial charge in [-0.3, -0.25) is 24.2 Å². The molecule has 0 aliphatic carbocycles. The topological polar surface area (TPSA) is 91.6 Å². The number of aryl methyl sites for hydroxylation is 1. The number of carbonyl (C=O) groups excluding carboxylic acids is 2. The lowest BCUT2D eigenvalue weighted by Gasteiger charge is -2.14. The lowest BCUT2D eigenvalue weighted by atomic mass is 10.1. The fourth-order valence-electron chi connectivity index (χ4n) is 3.24. The van der Waals surface area contributed by atoms with Crippen molar-refractivity contribution in [1.82, 2.24) is 25.3 Å². The smallest absolute Gasteiger partial charge is 0.261 e. The van der Waals surface area contributed by atoms with E-state index in [0.29, 0.717) is 24.2 Å². The number of hydrogen-bond donors (Lipinski definition) is 2. The molecule has 8 heteroatoms. The first-order valence-corrected chi connectivity index (χ1v) is 10.2. The van der Waals surface area contributed by atoms with E-state index in [2.05, 4.69) is 20.7 Å². The Kier molecular flexibility index (Phi) is 7.38. The van der Waals surface area contributed by atoms with Crippen LogP contribution in [0.15, 0.2) is 47.7 Å². The van der Waals surface area contributed by atoms with Gasteiger partial charge in [-0.15, -0.1) is 0 Å². The molecule has 0 unspecified atom stereocenters. The molecular weight excluding hydrogens is 368 g/mol. The summed E-state index contributed by atoms with van der Waals surface area (Å²) in [5.74, 6) is 0.407. The highest BCUT2D eigenvalue weighted by atomic mass is 16.2. The predicted octanol–water partition coefficient (Wildman–Crippen LogP) is 1.90. The first kappa shape index (κ1) is 20.6. The number of benzene rings is 1. The highest BCUT2D eigenvalue weighted by Crippen LogP contribution is 2.22. The van der Waals surface area contributed by atoms with Crippen LogP contribution in [-0.4, -0.2) is 58.6 Å². The van der Waals surface area contributed by atoms with Crippen molar-refractivity contribution in [1.29, 1.82) is 0 Å². The van der Waals surface area contributed by atoms with Gasteiger partial charge >= 0.3 is 0 Å². The van der Waals surface area contributed by atoms with Crippen LogP contribution in [0, 0.1) is 0 Å². The molecule has 1 aliphatic heterocycles. The maximum Gasteiger partial charge on any atom is 0.261 e. The predicted molar refractivity (Wildman–Crippen MR) is 112 cm³/mol. The summed E-state index contributed by atoms with van der Waals surface area (Å²) in [5.41, 5.74) is 1.01. The summed E-state index contributed by atoms with van der Waals surface area (Å²) in [6.45, 7) is 5.55. The summed E-state index contributed by atoms with van der Waals surface area (Å²) >= 11 is 0. The van der Waals surface area contributed by atoms with Crippen LogP contribution in [0.1, 0.15) is 46.9 Å². The van der Waals surface area contributed by atoms with Gasteiger partial charge in [-0.1, -0.05) is 12.1 Å². The minimum absolute atomic E-state index is 0.189. The zero-order valence-electron chi connectivity index (χ0n) is 16.8. The summed E-state index contributed by atoms with van der Waals surface area (Å²) in [5, 5.41) is 10.7. The third-order valence-corrected chi connectivity index (χ3v) is 4.70. The van der Waals surface area contributed by atoms with E-state index in [1.54, 1.807) is 30.5 Å². The standard InChI is InChI=1S/C21H28N6O2/c1-2-22-21(24-12-7-14-26-15-8-13-25-26)23-11-5-6-16-27-19(28)17-9-3-4-10-18(17)20(27)29/h3-4,8-10,13,15H,2,5-7,11-12,14,16H2,1H3,(H2,22,23,24). The zero-order valence-corrected chi connectivity index (χ0v) is 16.8. The summed E-state index contributed by atoms with van der Waals surface area (Å²) in [6, 6.07) is 8.91. The van der Waals surface area contributed by atoms with Crippen molar-refractivity contribution in [3.05, 3.63) is 53.9 Å². The minimum atomic E-state index is -0.189. The number of unbranched alkanes of at least 4 members (excludes halogenated alkanes) is 1. The second-order valence-corrected chi connectivity index (χ2v) is 6.82. The van der Waals surface area contributed by atoms with Crippen LogP contribution in [0.3, 0.4) is 0 Å². The molecule has 1 aromatic heterocycles. The number of aromatic nitrogens is 2. The normalized spacial score (nSPS) is 13.7. The number of nitrogens with one attached hydrogen (secondary N) is 2. The number of nitrogens with zero attached hydrogens (tertiary/aromatic N) is 4. The van der Waals surface area contributed by atoms with E-state index in [0.717, 1.165) is 44.9 Å². The highest BCUT2D eigenvalue weighted by molar-refractivity contribution is 6.21. The Hall–Kier alpha value is -3.16. The van der Waals surface area contributed by atoms with E-state index >= 15 is 0 Å². The molecule has 2 aromatic rings. The third-order valence-electron chi connectivity index (χ3n) is 4.70. The molecule has 8 nitrogen and oxygen atoms in total. The zero-order chi connectivity index (χ0) is 20.5. The monoisotopic (exact) mass is 396 g/mol. The maximum absolute atomic E-state index is 12.4. The molecule has 0 saturated heterocycles. The van der Waals surface area contributed by atoms with Crippen molar-refractivity contribution >= 4 is 17.8 Å². The van der Waals surface area contributed by atoms with Gasteiger partial charge in [-0.05, 0) is 44.4 Å². The Balaban J connectivity index is 1.36. The molecular formula is C21H28N6O2. The summed E-state index contributed by atoms with van der Waals surface area (Å²) < 4.78 is 1.90. The number of carbonyl (C=O) groups is 2. The number of rotatable bonds is 10. The fourth-order valence-corrected chi connectivity index (χ4v) is 3.24. The Labute approximate surface area is 171 Å². The van der Waals surface area contributed by atoms with Gasteiger partial charge in [0.2, 0.25) is 0 Å². The van der Waals surface area contributed by atoms with E-state index in [-0.39, 0.29) is 11.8 Å². The second-order valence-electron chi connectivity index (χ2n) is 6.82. The third kappa shape index (κ3) is 5.43. The number of amides is 2. The van der Waals surface area contributed by atoms with E-state index in [4.69, 9.17) is 0 Å². The summed E-state index contributed by atoms with van der Waals surface area (Å²) in [4.78, 5) is 30.6. The van der Waals surface area contributed by atoms with Crippen molar-refractivity contribution in [3.63, 3.8) is 0 Å². The van der Waals surface area contributed by atoms with Gasteiger partial charge in [0.1, 0.15) is 0 Å². The van der Waals surface area contributed by atoms with Gasteiger partial charge in [0, 0.05) is 45.1 Å². The molecule has 2 heterocycles. The van der Waals surface area contributed by atoms with E-state index < -0.39 is 0 Å². The van der Waals surface area contributed by atoms with E-state index in [9.17, 15) is 9.59 Å². The van der Waals surface area contributed by atoms with Crippen molar-refractivity contribution in [2.24, 2.45) is 4.99 Å². The van der Waals surface area contributed by atoms with Crippen LogP contribution in [-0.2, 0) is 6.54 Å². The van der Waals surface area contributed by atoms with E-state index in [1.807, 2.05) is 23.9 Å². The van der Waals surface area contributed by atoms with E-state index in [1.165, 1.54) is 4.90 Å². The molecule has 0 saturated carbocycles. The van der Waals surface area contributed by atoms with Crippen molar-refractivity contribution in [2.45, 2.75) is 32.7 Å². The van der Waals surface area contributed by atoms with Crippen molar-refractivity contribution in [2.75, 3.05) is 26.2 Å². The van der Waals surface area contributed by atoms with Crippen molar-refractivity contribution < 1.29 is 9.59 Å². The van der Waals surface area contributed by atoms with Crippen LogP contribution in [0.25, 0.3) is 0 Å². The molecule has 0 radical (unpaired) electrons. The Bertz CT molecular complexity index is 812. The largest absolute Gasteiger partial charge is 0.357 e. The molecule has 29 heavy (non-hydrogen) atoms. The average molecular weight is 396 g/mol. The van der Waals surface area contributed by atoms with Crippen LogP contribution in [0.5, 0.6) is 0 Å². The van der Waals surface area contributed by atoms with Gasteiger partial charge in [0.25, 0.3) is 11.8 Å². The Morgan fingerprint density at radius 1 is 1.00 bits per heavy atom.